The number of nitrogens with one attached hydrogen (secondary N) is 2. The number of para-hydroxylation sites is 1. The summed E-state index contributed by atoms with van der Waals surface area (Å²) in [5.74, 6) is -0.949. The van der Waals surface area contributed by atoms with Gasteiger partial charge in [0.05, 0.1) is 0 Å². The van der Waals surface area contributed by atoms with E-state index in [0.717, 1.165) is 29.7 Å². The first-order chi connectivity index (χ1) is 9.97. The van der Waals surface area contributed by atoms with E-state index in [1.54, 1.807) is 6.92 Å². The molecule has 0 aliphatic carbocycles. The molecule has 3 N–H and O–H groups in total. The molecule has 0 aromatic heterocycles. The predicted octanol–water partition coefficient (Wildman–Crippen LogP) is 3.04. The normalized spacial score (nSPS) is 11.8. The maximum absolute atomic E-state index is 12.0. The molecule has 1 aromatic rings. The Hall–Kier alpha value is -2.04. The Bertz CT molecular complexity index is 478. The largest absolute Gasteiger partial charge is 0.481 e. The van der Waals surface area contributed by atoms with Gasteiger partial charge in [0.1, 0.15) is 0 Å². The van der Waals surface area contributed by atoms with Gasteiger partial charge in [-0.15, -0.1) is 0 Å². The number of carbonyl (C=O) groups is 2. The van der Waals surface area contributed by atoms with E-state index >= 15 is 0 Å². The highest BCUT2D eigenvalue weighted by Crippen LogP contribution is 2.22. The van der Waals surface area contributed by atoms with Crippen LogP contribution in [0.1, 0.15) is 38.3 Å². The maximum Gasteiger partial charge on any atom is 0.319 e. The van der Waals surface area contributed by atoms with Crippen LogP contribution in [0.2, 0.25) is 0 Å². The van der Waals surface area contributed by atoms with Gasteiger partial charge in [-0.05, 0) is 29.9 Å². The lowest BCUT2D eigenvalue weighted by Crippen LogP contribution is -2.33. The minimum atomic E-state index is -0.852. The zero-order valence-electron chi connectivity index (χ0n) is 12.9. The number of urea groups is 1. The average Bonchev–Trinajstić information content (AvgIpc) is 2.44. The molecule has 0 aliphatic heterocycles. The van der Waals surface area contributed by atoms with Crippen LogP contribution >= 0.6 is 0 Å². The fourth-order valence-electron chi connectivity index (χ4n) is 2.20. The third-order valence-corrected chi connectivity index (χ3v) is 3.37. The van der Waals surface area contributed by atoms with Crippen molar-refractivity contribution in [3.8, 4) is 0 Å². The Labute approximate surface area is 125 Å². The fourth-order valence-corrected chi connectivity index (χ4v) is 2.20. The van der Waals surface area contributed by atoms with Gasteiger partial charge in [0.15, 0.2) is 0 Å². The van der Waals surface area contributed by atoms with Crippen molar-refractivity contribution < 1.29 is 14.7 Å². The van der Waals surface area contributed by atoms with Gasteiger partial charge in [0, 0.05) is 18.7 Å². The van der Waals surface area contributed by atoms with Crippen LogP contribution in [0.3, 0.4) is 0 Å². The first-order valence-corrected chi connectivity index (χ1v) is 7.35. The van der Waals surface area contributed by atoms with Crippen molar-refractivity contribution in [3.63, 3.8) is 0 Å². The molecule has 0 saturated heterocycles. The molecule has 5 heteroatoms. The number of anilines is 1. The second-order valence-electron chi connectivity index (χ2n) is 5.20. The summed E-state index contributed by atoms with van der Waals surface area (Å²) in [5, 5.41) is 14.3. The number of rotatable bonds is 7. The lowest BCUT2D eigenvalue weighted by molar-refractivity contribution is -0.137. The molecule has 0 spiro atoms. The van der Waals surface area contributed by atoms with Crippen LogP contribution in [-0.4, -0.2) is 23.7 Å². The molecule has 0 bridgehead atoms. The highest BCUT2D eigenvalue weighted by Gasteiger charge is 2.12. The molecule has 1 atom stereocenters. The molecule has 1 aromatic carbocycles. The minimum absolute atomic E-state index is 0.0477. The molecule has 116 valence electrons. The lowest BCUT2D eigenvalue weighted by Gasteiger charge is -2.16. The molecule has 0 aliphatic rings. The number of carboxylic acid groups (broad SMARTS) is 1. The van der Waals surface area contributed by atoms with E-state index in [0.29, 0.717) is 6.54 Å². The van der Waals surface area contributed by atoms with Crippen LogP contribution in [0.15, 0.2) is 18.2 Å². The van der Waals surface area contributed by atoms with Crippen molar-refractivity contribution in [1.29, 1.82) is 0 Å². The average molecular weight is 292 g/mol. The molecule has 21 heavy (non-hydrogen) atoms. The number of aryl methyl sites for hydroxylation is 2. The summed E-state index contributed by atoms with van der Waals surface area (Å²) in [7, 11) is 0. The lowest BCUT2D eigenvalue weighted by atomic mass is 10.0. The van der Waals surface area contributed by atoms with E-state index in [1.165, 1.54) is 0 Å². The molecule has 0 saturated carbocycles. The Morgan fingerprint density at radius 3 is 2.24 bits per heavy atom. The minimum Gasteiger partial charge on any atom is -0.481 e. The summed E-state index contributed by atoms with van der Waals surface area (Å²) >= 11 is 0. The van der Waals surface area contributed by atoms with Gasteiger partial charge >= 0.3 is 12.0 Å². The van der Waals surface area contributed by atoms with Crippen LogP contribution in [0.5, 0.6) is 0 Å². The summed E-state index contributed by atoms with van der Waals surface area (Å²) < 4.78 is 0. The standard InChI is InChI=1S/C16H24N2O3/c1-4-12-7-6-8-13(5-2)15(12)18-16(21)17-10-11(3)9-14(19)20/h6-8,11H,4-5,9-10H2,1-3H3,(H,19,20)(H2,17,18,21). The molecule has 1 unspecified atom stereocenters. The summed E-state index contributed by atoms with van der Waals surface area (Å²) in [4.78, 5) is 22.6. The Balaban J connectivity index is 2.64. The molecule has 1 rings (SSSR count). The van der Waals surface area contributed by atoms with Crippen LogP contribution in [0, 0.1) is 5.92 Å². The Morgan fingerprint density at radius 2 is 1.76 bits per heavy atom. The number of carboxylic acids is 1. The van der Waals surface area contributed by atoms with E-state index in [1.807, 2.05) is 32.0 Å². The van der Waals surface area contributed by atoms with Gasteiger partial charge in [0.25, 0.3) is 0 Å². The van der Waals surface area contributed by atoms with Gasteiger partial charge in [0.2, 0.25) is 0 Å². The second kappa shape index (κ2) is 8.29. The van der Waals surface area contributed by atoms with Crippen molar-refractivity contribution in [2.24, 2.45) is 5.92 Å². The topological polar surface area (TPSA) is 78.4 Å². The monoisotopic (exact) mass is 292 g/mol. The Morgan fingerprint density at radius 1 is 1.19 bits per heavy atom. The van der Waals surface area contributed by atoms with Gasteiger partial charge < -0.3 is 15.7 Å². The first kappa shape index (κ1) is 17.0. The summed E-state index contributed by atoms with van der Waals surface area (Å²) in [6.45, 7) is 6.24. The third-order valence-electron chi connectivity index (χ3n) is 3.37. The van der Waals surface area contributed by atoms with Gasteiger partial charge in [-0.1, -0.05) is 39.0 Å². The quantitative estimate of drug-likeness (QED) is 0.722. The molecule has 5 nitrogen and oxygen atoms in total. The van der Waals surface area contributed by atoms with Gasteiger partial charge in [-0.25, -0.2) is 4.79 Å². The molecule has 0 heterocycles. The second-order valence-corrected chi connectivity index (χ2v) is 5.20. The number of benzene rings is 1. The zero-order chi connectivity index (χ0) is 15.8. The SMILES string of the molecule is CCc1cccc(CC)c1NC(=O)NCC(C)CC(=O)O. The maximum atomic E-state index is 12.0. The van der Waals surface area contributed by atoms with Crippen molar-refractivity contribution >= 4 is 17.7 Å². The predicted molar refractivity (Wildman–Crippen MR) is 83.6 cm³/mol. The molecule has 0 radical (unpaired) electrons. The van der Waals surface area contributed by atoms with Crippen molar-refractivity contribution in [2.45, 2.75) is 40.0 Å². The molecular weight excluding hydrogens is 268 g/mol. The van der Waals surface area contributed by atoms with E-state index in [9.17, 15) is 9.59 Å². The summed E-state index contributed by atoms with van der Waals surface area (Å²) in [5.41, 5.74) is 3.07. The number of hydrogen-bond acceptors (Lipinski definition) is 2. The number of carbonyl (C=O) groups excluding carboxylic acids is 1. The number of aliphatic carboxylic acids is 1. The van der Waals surface area contributed by atoms with Crippen molar-refractivity contribution in [3.05, 3.63) is 29.3 Å². The van der Waals surface area contributed by atoms with Crippen LogP contribution in [0.4, 0.5) is 10.5 Å². The van der Waals surface area contributed by atoms with E-state index < -0.39 is 5.97 Å². The number of hydrogen-bond donors (Lipinski definition) is 3. The zero-order valence-corrected chi connectivity index (χ0v) is 12.9. The van der Waals surface area contributed by atoms with E-state index in [-0.39, 0.29) is 18.4 Å². The van der Waals surface area contributed by atoms with Gasteiger partial charge in [-0.3, -0.25) is 4.79 Å². The highest BCUT2D eigenvalue weighted by molar-refractivity contribution is 5.91. The summed E-state index contributed by atoms with van der Waals surface area (Å²) in [6.07, 6.45) is 1.74. The number of amides is 2. The highest BCUT2D eigenvalue weighted by atomic mass is 16.4. The fraction of sp³-hybridized carbons (Fsp3) is 0.500. The van der Waals surface area contributed by atoms with Crippen LogP contribution in [0.25, 0.3) is 0 Å². The Kier molecular flexibility index (Phi) is 6.72. The smallest absolute Gasteiger partial charge is 0.319 e. The van der Waals surface area contributed by atoms with Crippen molar-refractivity contribution in [2.75, 3.05) is 11.9 Å². The van der Waals surface area contributed by atoms with Crippen molar-refractivity contribution in [1.82, 2.24) is 5.32 Å². The molecule has 2 amide bonds. The molecular formula is C16H24N2O3. The molecule has 0 fully saturated rings. The van der Waals surface area contributed by atoms with Crippen LogP contribution in [-0.2, 0) is 17.6 Å². The van der Waals surface area contributed by atoms with E-state index in [2.05, 4.69) is 10.6 Å². The third kappa shape index (κ3) is 5.45. The van der Waals surface area contributed by atoms with Gasteiger partial charge in [-0.2, -0.15) is 0 Å². The van der Waals surface area contributed by atoms with Crippen LogP contribution < -0.4 is 10.6 Å². The van der Waals surface area contributed by atoms with E-state index in [4.69, 9.17) is 5.11 Å². The summed E-state index contributed by atoms with van der Waals surface area (Å²) in [6, 6.07) is 5.71. The first-order valence-electron chi connectivity index (χ1n) is 7.35.